The molecule has 3 aliphatic carbocycles. The lowest BCUT2D eigenvalue weighted by Crippen LogP contribution is -2.46. The second kappa shape index (κ2) is 13.5. The summed E-state index contributed by atoms with van der Waals surface area (Å²) in [4.78, 5) is 23.0. The molecule has 2 bridgehead atoms. The number of carbonyl (C=O) groups is 1. The molecule has 2 aromatic carbocycles. The van der Waals surface area contributed by atoms with Gasteiger partial charge in [-0.3, -0.25) is 14.9 Å². The highest BCUT2D eigenvalue weighted by molar-refractivity contribution is 7.99. The van der Waals surface area contributed by atoms with Crippen molar-refractivity contribution < 1.29 is 19.7 Å². The third-order valence-corrected chi connectivity index (χ3v) is 11.2. The minimum absolute atomic E-state index is 0.0505. The van der Waals surface area contributed by atoms with Gasteiger partial charge in [-0.1, -0.05) is 42.5 Å². The number of pyridine rings is 1. The van der Waals surface area contributed by atoms with E-state index in [0.29, 0.717) is 52.9 Å². The molecule has 240 valence electrons. The summed E-state index contributed by atoms with van der Waals surface area (Å²) in [5, 5.41) is 31.5. The molecule has 3 N–H and O–H groups in total. The van der Waals surface area contributed by atoms with Crippen molar-refractivity contribution in [2.75, 3.05) is 12.9 Å². The molecule has 4 aromatic rings. The number of methoxy groups -OCH3 is 1. The number of allylic oxidation sites excluding steroid dienone is 2. The lowest BCUT2D eigenvalue weighted by atomic mass is 9.65. The van der Waals surface area contributed by atoms with Crippen LogP contribution in [0, 0.1) is 5.41 Å². The van der Waals surface area contributed by atoms with Gasteiger partial charge in [0.05, 0.1) is 18.8 Å². The fourth-order valence-corrected chi connectivity index (χ4v) is 8.31. The quantitative estimate of drug-likeness (QED) is 0.113. The minimum Gasteiger partial charge on any atom is -0.497 e. The maximum Gasteiger partial charge on any atom is 0.208 e. The maximum atomic E-state index is 14.2. The fourth-order valence-electron chi connectivity index (χ4n) is 7.21. The molecule has 0 saturated heterocycles. The van der Waals surface area contributed by atoms with Crippen molar-refractivity contribution in [1.82, 2.24) is 20.2 Å². The summed E-state index contributed by atoms with van der Waals surface area (Å²) in [6.45, 7) is 4.32. The van der Waals surface area contributed by atoms with Gasteiger partial charge in [0, 0.05) is 40.3 Å². The maximum absolute atomic E-state index is 14.2. The first-order valence-electron chi connectivity index (χ1n) is 16.0. The number of hydrogen-bond acceptors (Lipinski definition) is 8. The van der Waals surface area contributed by atoms with E-state index in [2.05, 4.69) is 52.2 Å². The number of thioether (sulfide) groups is 1. The highest BCUT2D eigenvalue weighted by Crippen LogP contribution is 2.59. The van der Waals surface area contributed by atoms with Crippen LogP contribution in [0.15, 0.2) is 83.8 Å². The van der Waals surface area contributed by atoms with Gasteiger partial charge in [0.15, 0.2) is 11.6 Å². The summed E-state index contributed by atoms with van der Waals surface area (Å²) < 4.78 is 5.33. The fraction of sp³-hybridized carbons (Fsp3) is 0.405. The minimum atomic E-state index is -1.02. The van der Waals surface area contributed by atoms with Crippen LogP contribution in [0.25, 0.3) is 11.4 Å². The predicted octanol–water partition coefficient (Wildman–Crippen LogP) is 6.94. The van der Waals surface area contributed by atoms with E-state index < -0.39 is 17.1 Å². The Hall–Kier alpha value is -3.79. The summed E-state index contributed by atoms with van der Waals surface area (Å²) in [6, 6.07) is 17.1. The summed E-state index contributed by atoms with van der Waals surface area (Å²) in [7, 11) is 1.61. The monoisotopic (exact) mass is 638 g/mol. The number of rotatable bonds is 7. The van der Waals surface area contributed by atoms with Crippen molar-refractivity contribution in [2.24, 2.45) is 5.41 Å². The molecule has 4 atom stereocenters. The number of H-pyrrole nitrogens is 1. The Labute approximate surface area is 274 Å². The van der Waals surface area contributed by atoms with E-state index in [1.165, 1.54) is 17.3 Å². The van der Waals surface area contributed by atoms with Crippen LogP contribution < -0.4 is 4.74 Å². The standard InChI is InChI=1S/C37H42N4O4S/c1-24-5-4-17-36(2)32(14-18-37(36,44)23-46-35-39-34(40-41-35)27-15-19-38-20-16-27)30-13-7-25(21-28(42)10-6-24)22-31(30)33(43)26-8-11-29(45-3)12-9-26/h5,7-9,11-13,15-16,19-20,22,28,32,42,44H,4,6,10,14,17-18,21,23H2,1-3H3,(H,39,40,41)/t28-,32-,36-,37+/m0/s1. The summed E-state index contributed by atoms with van der Waals surface area (Å²) in [5.74, 6) is 1.68. The Bertz CT molecular complexity index is 1710. The molecule has 0 amide bonds. The zero-order valence-electron chi connectivity index (χ0n) is 26.7. The first-order chi connectivity index (χ1) is 22.2. The van der Waals surface area contributed by atoms with Gasteiger partial charge in [-0.05, 0) is 111 Å². The van der Waals surface area contributed by atoms with Crippen molar-refractivity contribution >= 4 is 17.5 Å². The average Bonchev–Trinajstić information content (AvgIpc) is 3.65. The lowest BCUT2D eigenvalue weighted by molar-refractivity contribution is -0.0422. The Kier molecular flexibility index (Phi) is 9.45. The van der Waals surface area contributed by atoms with Crippen LogP contribution in [0.3, 0.4) is 0 Å². The average molecular weight is 639 g/mol. The van der Waals surface area contributed by atoms with Crippen LogP contribution in [-0.4, -0.2) is 60.7 Å². The molecule has 3 aliphatic rings. The summed E-state index contributed by atoms with van der Waals surface area (Å²) in [5.41, 5.74) is 3.72. The normalized spacial score (nSPS) is 25.0. The van der Waals surface area contributed by atoms with Crippen LogP contribution in [0.4, 0.5) is 0 Å². The van der Waals surface area contributed by atoms with Crippen molar-refractivity contribution in [2.45, 2.75) is 81.6 Å². The van der Waals surface area contributed by atoms with Gasteiger partial charge in [0.25, 0.3) is 0 Å². The second-order valence-corrected chi connectivity index (χ2v) is 13.9. The van der Waals surface area contributed by atoms with E-state index in [-0.39, 0.29) is 11.7 Å². The number of benzene rings is 2. The highest BCUT2D eigenvalue weighted by atomic mass is 32.2. The first kappa shape index (κ1) is 32.2. The van der Waals surface area contributed by atoms with E-state index in [9.17, 15) is 15.0 Å². The number of aromatic nitrogens is 4. The molecule has 46 heavy (non-hydrogen) atoms. The molecule has 8 nitrogen and oxygen atoms in total. The lowest BCUT2D eigenvalue weighted by Gasteiger charge is -2.44. The number of nitrogens with zero attached hydrogens (tertiary/aromatic N) is 3. The van der Waals surface area contributed by atoms with E-state index in [0.717, 1.165) is 42.4 Å². The molecule has 2 heterocycles. The van der Waals surface area contributed by atoms with Crippen LogP contribution in [0.2, 0.25) is 0 Å². The van der Waals surface area contributed by atoms with Crippen LogP contribution in [0.5, 0.6) is 5.75 Å². The van der Waals surface area contributed by atoms with Gasteiger partial charge < -0.3 is 14.9 Å². The summed E-state index contributed by atoms with van der Waals surface area (Å²) >= 11 is 1.46. The zero-order chi connectivity index (χ0) is 32.3. The predicted molar refractivity (Wildman–Crippen MR) is 180 cm³/mol. The second-order valence-electron chi connectivity index (χ2n) is 13.0. The van der Waals surface area contributed by atoms with E-state index in [1.807, 2.05) is 18.2 Å². The molecule has 0 aliphatic heterocycles. The molecule has 0 radical (unpaired) electrons. The van der Waals surface area contributed by atoms with Gasteiger partial charge in [-0.25, -0.2) is 4.98 Å². The number of aliphatic hydroxyl groups is 2. The van der Waals surface area contributed by atoms with Crippen molar-refractivity contribution in [3.8, 4) is 17.1 Å². The van der Waals surface area contributed by atoms with E-state index >= 15 is 0 Å². The highest BCUT2D eigenvalue weighted by Gasteiger charge is 2.56. The van der Waals surface area contributed by atoms with Gasteiger partial charge in [-0.2, -0.15) is 0 Å². The third kappa shape index (κ3) is 6.54. The molecule has 9 heteroatoms. The van der Waals surface area contributed by atoms with Crippen molar-refractivity contribution in [3.05, 3.63) is 101 Å². The van der Waals surface area contributed by atoms with Crippen LogP contribution in [-0.2, 0) is 6.42 Å². The number of carbonyl (C=O) groups excluding carboxylic acids is 1. The van der Waals surface area contributed by atoms with Crippen molar-refractivity contribution in [3.63, 3.8) is 0 Å². The molecular weight excluding hydrogens is 596 g/mol. The number of aromatic amines is 1. The Morgan fingerprint density at radius 2 is 1.87 bits per heavy atom. The van der Waals surface area contributed by atoms with Gasteiger partial charge in [0.1, 0.15) is 5.75 Å². The molecule has 7 rings (SSSR count). The smallest absolute Gasteiger partial charge is 0.208 e. The van der Waals surface area contributed by atoms with E-state index in [4.69, 9.17) is 4.74 Å². The van der Waals surface area contributed by atoms with Crippen LogP contribution >= 0.6 is 11.8 Å². The van der Waals surface area contributed by atoms with Gasteiger partial charge in [-0.15, -0.1) is 5.10 Å². The Morgan fingerprint density at radius 1 is 1.09 bits per heavy atom. The van der Waals surface area contributed by atoms with E-state index in [1.54, 1.807) is 43.8 Å². The van der Waals surface area contributed by atoms with Gasteiger partial charge >= 0.3 is 0 Å². The number of ketones is 1. The molecule has 2 aromatic heterocycles. The Balaban J connectivity index is 1.36. The zero-order valence-corrected chi connectivity index (χ0v) is 27.5. The molecule has 0 unspecified atom stereocenters. The molecule has 1 saturated carbocycles. The number of hydrogen-bond donors (Lipinski definition) is 3. The van der Waals surface area contributed by atoms with Gasteiger partial charge in [0.2, 0.25) is 5.16 Å². The molecule has 0 spiro atoms. The number of aliphatic hydroxyl groups excluding tert-OH is 1. The Morgan fingerprint density at radius 3 is 2.63 bits per heavy atom. The largest absolute Gasteiger partial charge is 0.497 e. The number of ether oxygens (including phenoxy) is 1. The van der Waals surface area contributed by atoms with Crippen molar-refractivity contribution in [1.29, 1.82) is 0 Å². The third-order valence-electron chi connectivity index (χ3n) is 10.1. The summed E-state index contributed by atoms with van der Waals surface area (Å²) in [6.07, 6.45) is 10.1. The first-order valence-corrected chi connectivity index (χ1v) is 17.0. The molecular formula is C37H42N4O4S. The molecule has 1 fully saturated rings. The number of fused-ring (bicyclic) bond motifs is 8. The number of nitrogens with one attached hydrogen (secondary N) is 1. The SMILES string of the molecule is COc1ccc(C(=O)c2cc3ccc2[C@@H]2CC[C@@](O)(CSc4n[nH]c(-c5ccncc5)n4)[C@@]2(C)CCC=C(C)CC[C@H](O)C3)cc1. The van der Waals surface area contributed by atoms with Crippen LogP contribution in [0.1, 0.15) is 85.3 Å². The topological polar surface area (TPSA) is 121 Å².